The van der Waals surface area contributed by atoms with Crippen molar-refractivity contribution in [2.45, 2.75) is 25.9 Å². The number of benzene rings is 1. The van der Waals surface area contributed by atoms with Gasteiger partial charge in [-0.3, -0.25) is 14.8 Å². The zero-order valence-corrected chi connectivity index (χ0v) is 21.4. The van der Waals surface area contributed by atoms with E-state index >= 15 is 0 Å². The van der Waals surface area contributed by atoms with Crippen LogP contribution in [0.5, 0.6) is 11.5 Å². The molecule has 0 radical (unpaired) electrons. The molecule has 2 heterocycles. The van der Waals surface area contributed by atoms with Crippen molar-refractivity contribution in [3.05, 3.63) is 23.8 Å². The third-order valence-corrected chi connectivity index (χ3v) is 5.56. The number of likely N-dealkylation sites (tertiary alicyclic amines) is 1. The zero-order chi connectivity index (χ0) is 21.2. The van der Waals surface area contributed by atoms with Gasteiger partial charge in [0.2, 0.25) is 0 Å². The van der Waals surface area contributed by atoms with Gasteiger partial charge in [0.1, 0.15) is 11.5 Å². The van der Waals surface area contributed by atoms with Gasteiger partial charge in [-0.25, -0.2) is 0 Å². The SMILES string of the molecule is CCNC(=NCCN1CCOCC1)NC1CCN(Cc2cc(OC)cc(OC)c2)C1.I. The second-order valence-electron chi connectivity index (χ2n) is 7.80. The summed E-state index contributed by atoms with van der Waals surface area (Å²) < 4.78 is 16.2. The lowest BCUT2D eigenvalue weighted by Crippen LogP contribution is -2.45. The fourth-order valence-corrected chi connectivity index (χ4v) is 3.95. The maximum Gasteiger partial charge on any atom is 0.191 e. The molecule has 0 amide bonds. The fourth-order valence-electron chi connectivity index (χ4n) is 3.95. The number of morpholine rings is 1. The lowest BCUT2D eigenvalue weighted by Gasteiger charge is -2.26. The number of nitrogens with one attached hydrogen (secondary N) is 2. The molecule has 0 bridgehead atoms. The van der Waals surface area contributed by atoms with Gasteiger partial charge in [-0.05, 0) is 31.0 Å². The molecule has 2 saturated heterocycles. The summed E-state index contributed by atoms with van der Waals surface area (Å²) in [5.41, 5.74) is 1.21. The standard InChI is InChI=1S/C22H37N5O3.HI/c1-4-23-22(24-6-8-26-9-11-30-12-10-26)25-19-5-7-27(17-19)16-18-13-20(28-2)15-21(14-18)29-3;/h13-15,19H,4-12,16-17H2,1-3H3,(H2,23,24,25);1H. The van der Waals surface area contributed by atoms with E-state index in [-0.39, 0.29) is 24.0 Å². The smallest absolute Gasteiger partial charge is 0.191 e. The van der Waals surface area contributed by atoms with E-state index in [4.69, 9.17) is 19.2 Å². The number of rotatable bonds is 9. The minimum atomic E-state index is 0. The van der Waals surface area contributed by atoms with Crippen LogP contribution in [0.25, 0.3) is 0 Å². The predicted octanol–water partition coefficient (Wildman–Crippen LogP) is 1.78. The molecule has 2 aliphatic heterocycles. The second-order valence-corrected chi connectivity index (χ2v) is 7.80. The Morgan fingerprint density at radius 2 is 1.81 bits per heavy atom. The Hall–Kier alpha value is -1.30. The van der Waals surface area contributed by atoms with Crippen LogP contribution in [-0.2, 0) is 11.3 Å². The van der Waals surface area contributed by atoms with Crippen molar-refractivity contribution in [3.63, 3.8) is 0 Å². The highest BCUT2D eigenvalue weighted by molar-refractivity contribution is 14.0. The van der Waals surface area contributed by atoms with Gasteiger partial charge in [-0.1, -0.05) is 0 Å². The zero-order valence-electron chi connectivity index (χ0n) is 19.1. The number of aliphatic imine (C=N–C) groups is 1. The summed E-state index contributed by atoms with van der Waals surface area (Å²) in [6.07, 6.45) is 1.11. The van der Waals surface area contributed by atoms with Crippen molar-refractivity contribution in [1.29, 1.82) is 0 Å². The van der Waals surface area contributed by atoms with Crippen molar-refractivity contribution in [3.8, 4) is 11.5 Å². The van der Waals surface area contributed by atoms with E-state index in [2.05, 4.69) is 39.5 Å². The molecule has 3 rings (SSSR count). The maximum atomic E-state index is 5.41. The van der Waals surface area contributed by atoms with Crippen LogP contribution in [0.3, 0.4) is 0 Å². The molecular formula is C22H38IN5O3. The van der Waals surface area contributed by atoms with Crippen molar-refractivity contribution >= 4 is 29.9 Å². The highest BCUT2D eigenvalue weighted by Crippen LogP contribution is 2.24. The molecule has 1 atom stereocenters. The van der Waals surface area contributed by atoms with E-state index < -0.39 is 0 Å². The number of halogens is 1. The predicted molar refractivity (Wildman–Crippen MR) is 135 cm³/mol. The topological polar surface area (TPSA) is 70.6 Å². The highest BCUT2D eigenvalue weighted by atomic mass is 127. The first-order valence-corrected chi connectivity index (χ1v) is 11.0. The number of guanidine groups is 1. The van der Waals surface area contributed by atoms with Crippen LogP contribution >= 0.6 is 24.0 Å². The highest BCUT2D eigenvalue weighted by Gasteiger charge is 2.23. The van der Waals surface area contributed by atoms with Crippen LogP contribution in [0.1, 0.15) is 18.9 Å². The molecule has 9 heteroatoms. The molecule has 176 valence electrons. The Balaban J connectivity index is 0.00000341. The van der Waals surface area contributed by atoms with E-state index in [1.165, 1.54) is 5.56 Å². The Kier molecular flexibility index (Phi) is 11.7. The first kappa shape index (κ1) is 26.0. The first-order valence-electron chi connectivity index (χ1n) is 11.0. The molecule has 0 saturated carbocycles. The van der Waals surface area contributed by atoms with Crippen molar-refractivity contribution in [2.24, 2.45) is 4.99 Å². The molecule has 8 nitrogen and oxygen atoms in total. The Bertz CT molecular complexity index is 663. The van der Waals surface area contributed by atoms with Gasteiger partial charge in [-0.15, -0.1) is 24.0 Å². The number of hydrogen-bond donors (Lipinski definition) is 2. The van der Waals surface area contributed by atoms with Gasteiger partial charge in [0.05, 0.1) is 34.0 Å². The molecule has 0 aromatic heterocycles. The normalized spacial score (nSPS) is 20.2. The third kappa shape index (κ3) is 8.63. The van der Waals surface area contributed by atoms with E-state index in [0.717, 1.165) is 89.5 Å². The molecular weight excluding hydrogens is 509 g/mol. The number of ether oxygens (including phenoxy) is 3. The minimum Gasteiger partial charge on any atom is -0.497 e. The maximum absolute atomic E-state index is 5.41. The van der Waals surface area contributed by atoms with E-state index in [1.54, 1.807) is 14.2 Å². The van der Waals surface area contributed by atoms with E-state index in [9.17, 15) is 0 Å². The molecule has 1 aromatic rings. The summed E-state index contributed by atoms with van der Waals surface area (Å²) in [6.45, 7) is 11.4. The lowest BCUT2D eigenvalue weighted by molar-refractivity contribution is 0.0394. The summed E-state index contributed by atoms with van der Waals surface area (Å²) in [5.74, 6) is 2.58. The quantitative estimate of drug-likeness (QED) is 0.278. The van der Waals surface area contributed by atoms with E-state index in [0.29, 0.717) is 6.04 Å². The van der Waals surface area contributed by atoms with Gasteiger partial charge in [0.15, 0.2) is 5.96 Å². The average Bonchev–Trinajstić information content (AvgIpc) is 3.20. The van der Waals surface area contributed by atoms with Crippen molar-refractivity contribution < 1.29 is 14.2 Å². The van der Waals surface area contributed by atoms with Crippen LogP contribution in [0, 0.1) is 0 Å². The van der Waals surface area contributed by atoms with Gasteiger partial charge in [0, 0.05) is 57.9 Å². The molecule has 2 aliphatic rings. The van der Waals surface area contributed by atoms with Gasteiger partial charge >= 0.3 is 0 Å². The molecule has 1 unspecified atom stereocenters. The largest absolute Gasteiger partial charge is 0.497 e. The lowest BCUT2D eigenvalue weighted by atomic mass is 10.2. The van der Waals surface area contributed by atoms with Crippen LogP contribution in [0.4, 0.5) is 0 Å². The number of nitrogens with zero attached hydrogens (tertiary/aromatic N) is 3. The summed E-state index contributed by atoms with van der Waals surface area (Å²) >= 11 is 0. The van der Waals surface area contributed by atoms with Gasteiger partial charge in [-0.2, -0.15) is 0 Å². The average molecular weight is 547 g/mol. The Morgan fingerprint density at radius 1 is 1.10 bits per heavy atom. The van der Waals surface area contributed by atoms with Crippen LogP contribution in [0.2, 0.25) is 0 Å². The van der Waals surface area contributed by atoms with E-state index in [1.807, 2.05) is 6.07 Å². The van der Waals surface area contributed by atoms with Gasteiger partial charge < -0.3 is 24.8 Å². The summed E-state index contributed by atoms with van der Waals surface area (Å²) in [5, 5.41) is 7.01. The summed E-state index contributed by atoms with van der Waals surface area (Å²) in [4.78, 5) is 9.66. The Morgan fingerprint density at radius 3 is 2.45 bits per heavy atom. The Labute approximate surface area is 203 Å². The molecule has 31 heavy (non-hydrogen) atoms. The monoisotopic (exact) mass is 547 g/mol. The summed E-state index contributed by atoms with van der Waals surface area (Å²) in [6, 6.07) is 6.48. The molecule has 0 aliphatic carbocycles. The molecule has 2 N–H and O–H groups in total. The second kappa shape index (κ2) is 14.0. The number of methoxy groups -OCH3 is 2. The third-order valence-electron chi connectivity index (χ3n) is 5.56. The van der Waals surface area contributed by atoms with Crippen LogP contribution < -0.4 is 20.1 Å². The minimum absolute atomic E-state index is 0. The fraction of sp³-hybridized carbons (Fsp3) is 0.682. The van der Waals surface area contributed by atoms with Crippen LogP contribution in [0.15, 0.2) is 23.2 Å². The van der Waals surface area contributed by atoms with Crippen molar-refractivity contribution in [1.82, 2.24) is 20.4 Å². The number of hydrogen-bond acceptors (Lipinski definition) is 6. The first-order chi connectivity index (χ1) is 14.7. The van der Waals surface area contributed by atoms with Crippen molar-refractivity contribution in [2.75, 3.05) is 73.2 Å². The molecule has 1 aromatic carbocycles. The molecule has 2 fully saturated rings. The van der Waals surface area contributed by atoms with Gasteiger partial charge in [0.25, 0.3) is 0 Å². The van der Waals surface area contributed by atoms with Crippen LogP contribution in [-0.4, -0.2) is 95.0 Å². The molecule has 0 spiro atoms. The summed E-state index contributed by atoms with van der Waals surface area (Å²) in [7, 11) is 3.38.